The molecule has 3 aromatic rings. The molecule has 0 aromatic heterocycles. The second-order valence-electron chi connectivity index (χ2n) is 8.37. The van der Waals surface area contributed by atoms with E-state index in [0.717, 1.165) is 32.6 Å². The minimum absolute atomic E-state index is 0.134. The number of fused-ring (bicyclic) bond motifs is 1. The molecule has 0 N–H and O–H groups in total. The Labute approximate surface area is 224 Å². The van der Waals surface area contributed by atoms with Crippen LogP contribution >= 0.6 is 23.5 Å². The van der Waals surface area contributed by atoms with Gasteiger partial charge >= 0.3 is 5.97 Å². The summed E-state index contributed by atoms with van der Waals surface area (Å²) >= 11 is 2.90. The van der Waals surface area contributed by atoms with E-state index in [2.05, 4.69) is 0 Å². The molecule has 0 unspecified atom stereocenters. The molecule has 2 heterocycles. The number of anilines is 2. The average molecular weight is 532 g/mol. The molecular formula is C28H25N3O4S2. The molecule has 3 aromatic carbocycles. The maximum Gasteiger partial charge on any atom is 0.338 e. The standard InChI is InChI=1S/C28H25N3O4S2/c1-5-35-27(33)18-8-10-19(11-9-18)29-28-31(20-12-6-17(2)7-13-20)25(32)24(37-28)26-30(3)22-16-21(34-4)14-15-23(22)36-26/h6-16H,5H2,1-4H3/b26-24-,29-28?. The van der Waals surface area contributed by atoms with Crippen LogP contribution in [-0.2, 0) is 9.53 Å². The van der Waals surface area contributed by atoms with Crippen molar-refractivity contribution in [2.75, 3.05) is 30.6 Å². The van der Waals surface area contributed by atoms with Crippen LogP contribution in [0.15, 0.2) is 86.6 Å². The van der Waals surface area contributed by atoms with Gasteiger partial charge in [0.1, 0.15) is 10.7 Å². The van der Waals surface area contributed by atoms with Gasteiger partial charge in [-0.1, -0.05) is 29.5 Å². The SMILES string of the molecule is CCOC(=O)c1ccc(N=C2S/C(=C3\Sc4ccc(OC)cc4N3C)C(=O)N2c2ccc(C)cc2)cc1. The molecule has 7 nitrogen and oxygen atoms in total. The number of aliphatic imine (C=N–C) groups is 1. The second kappa shape index (κ2) is 10.4. The predicted molar refractivity (Wildman–Crippen MR) is 150 cm³/mol. The van der Waals surface area contributed by atoms with E-state index in [-0.39, 0.29) is 11.9 Å². The summed E-state index contributed by atoms with van der Waals surface area (Å²) in [6.45, 7) is 4.09. The summed E-state index contributed by atoms with van der Waals surface area (Å²) < 4.78 is 10.5. The van der Waals surface area contributed by atoms with Gasteiger partial charge in [0.25, 0.3) is 5.91 Å². The van der Waals surface area contributed by atoms with Crippen LogP contribution < -0.4 is 14.5 Å². The third-order valence-electron chi connectivity index (χ3n) is 5.91. The molecule has 1 saturated heterocycles. The van der Waals surface area contributed by atoms with Gasteiger partial charge < -0.3 is 14.4 Å². The van der Waals surface area contributed by atoms with Crippen molar-refractivity contribution in [2.45, 2.75) is 18.7 Å². The lowest BCUT2D eigenvalue weighted by Crippen LogP contribution is -2.29. The van der Waals surface area contributed by atoms with Crippen LogP contribution in [0.1, 0.15) is 22.8 Å². The molecule has 188 valence electrons. The van der Waals surface area contributed by atoms with E-state index in [9.17, 15) is 9.59 Å². The zero-order valence-electron chi connectivity index (χ0n) is 20.8. The van der Waals surface area contributed by atoms with E-state index in [1.807, 2.05) is 61.3 Å². The van der Waals surface area contributed by atoms with Crippen molar-refractivity contribution in [1.29, 1.82) is 0 Å². The van der Waals surface area contributed by atoms with Crippen molar-refractivity contribution in [1.82, 2.24) is 0 Å². The van der Waals surface area contributed by atoms with Gasteiger partial charge in [0.05, 0.1) is 41.4 Å². The van der Waals surface area contributed by atoms with Crippen molar-refractivity contribution in [2.24, 2.45) is 4.99 Å². The second-order valence-corrected chi connectivity index (χ2v) is 10.4. The number of amidine groups is 1. The van der Waals surface area contributed by atoms with Crippen LogP contribution in [0.25, 0.3) is 0 Å². The predicted octanol–water partition coefficient (Wildman–Crippen LogP) is 6.36. The first-order chi connectivity index (χ1) is 17.9. The lowest BCUT2D eigenvalue weighted by molar-refractivity contribution is -0.113. The molecule has 37 heavy (non-hydrogen) atoms. The topological polar surface area (TPSA) is 71.4 Å². The summed E-state index contributed by atoms with van der Waals surface area (Å²) in [6, 6.07) is 20.6. The number of ether oxygens (including phenoxy) is 2. The Morgan fingerprint density at radius 2 is 1.73 bits per heavy atom. The van der Waals surface area contributed by atoms with Crippen LogP contribution in [-0.4, -0.2) is 37.8 Å². The smallest absolute Gasteiger partial charge is 0.338 e. The monoisotopic (exact) mass is 531 g/mol. The number of rotatable bonds is 5. The molecule has 5 rings (SSSR count). The third kappa shape index (κ3) is 4.84. The number of methoxy groups -OCH3 is 1. The molecule has 1 fully saturated rings. The van der Waals surface area contributed by atoms with Gasteiger partial charge in [0.2, 0.25) is 0 Å². The van der Waals surface area contributed by atoms with Crippen molar-refractivity contribution in [3.8, 4) is 5.75 Å². The molecule has 0 atom stereocenters. The highest BCUT2D eigenvalue weighted by atomic mass is 32.2. The van der Waals surface area contributed by atoms with Gasteiger partial charge in [-0.25, -0.2) is 9.79 Å². The molecule has 0 bridgehead atoms. The van der Waals surface area contributed by atoms with E-state index < -0.39 is 0 Å². The molecule has 2 aliphatic heterocycles. The molecule has 0 radical (unpaired) electrons. The number of carbonyl (C=O) groups excluding carboxylic acids is 2. The maximum atomic E-state index is 13.9. The summed E-state index contributed by atoms with van der Waals surface area (Å²) in [4.78, 5) is 36.0. The van der Waals surface area contributed by atoms with E-state index in [1.165, 1.54) is 11.8 Å². The largest absolute Gasteiger partial charge is 0.497 e. The normalized spacial score (nSPS) is 17.9. The van der Waals surface area contributed by atoms with Gasteiger partial charge in [-0.2, -0.15) is 0 Å². The maximum absolute atomic E-state index is 13.9. The van der Waals surface area contributed by atoms with E-state index >= 15 is 0 Å². The Morgan fingerprint density at radius 1 is 1.00 bits per heavy atom. The number of hydrogen-bond donors (Lipinski definition) is 0. The number of benzene rings is 3. The first-order valence-corrected chi connectivity index (χ1v) is 13.3. The molecule has 0 spiro atoms. The molecular weight excluding hydrogens is 506 g/mol. The first kappa shape index (κ1) is 25.0. The summed E-state index contributed by atoms with van der Waals surface area (Å²) in [5.41, 5.74) is 3.92. The molecule has 2 aliphatic rings. The van der Waals surface area contributed by atoms with Gasteiger partial charge in [-0.05, 0) is 74.1 Å². The van der Waals surface area contributed by atoms with Gasteiger partial charge in [-0.15, -0.1) is 0 Å². The molecule has 1 amide bonds. The van der Waals surface area contributed by atoms with Crippen LogP contribution in [0.5, 0.6) is 5.75 Å². The summed E-state index contributed by atoms with van der Waals surface area (Å²) in [6.07, 6.45) is 0. The van der Waals surface area contributed by atoms with Gasteiger partial charge in [-0.3, -0.25) is 9.69 Å². The fourth-order valence-corrected chi connectivity index (χ4v) is 6.27. The number of thioether (sulfide) groups is 2. The minimum atomic E-state index is -0.377. The Kier molecular flexibility index (Phi) is 6.99. The number of amides is 1. The fraction of sp³-hybridized carbons (Fsp3) is 0.179. The Morgan fingerprint density at radius 3 is 2.41 bits per heavy atom. The van der Waals surface area contributed by atoms with Gasteiger partial charge in [0.15, 0.2) is 5.17 Å². The van der Waals surface area contributed by atoms with Gasteiger partial charge in [0, 0.05) is 18.0 Å². The minimum Gasteiger partial charge on any atom is -0.497 e. The van der Waals surface area contributed by atoms with Crippen LogP contribution in [0.4, 0.5) is 17.1 Å². The highest BCUT2D eigenvalue weighted by molar-refractivity contribution is 8.20. The third-order valence-corrected chi connectivity index (χ3v) is 8.30. The summed E-state index contributed by atoms with van der Waals surface area (Å²) in [5.74, 6) is 0.250. The zero-order chi connectivity index (χ0) is 26.1. The molecule has 9 heteroatoms. The van der Waals surface area contributed by atoms with Crippen molar-refractivity contribution in [3.63, 3.8) is 0 Å². The molecule has 0 saturated carbocycles. The Hall–Kier alpha value is -3.69. The van der Waals surface area contributed by atoms with Crippen LogP contribution in [0, 0.1) is 6.92 Å². The number of carbonyl (C=O) groups is 2. The Bertz CT molecular complexity index is 1430. The van der Waals surface area contributed by atoms with E-state index in [1.54, 1.807) is 55.0 Å². The summed E-state index contributed by atoms with van der Waals surface area (Å²) in [5, 5.41) is 1.39. The van der Waals surface area contributed by atoms with Crippen LogP contribution in [0.2, 0.25) is 0 Å². The van der Waals surface area contributed by atoms with Crippen molar-refractivity contribution < 1.29 is 19.1 Å². The van der Waals surface area contributed by atoms with Crippen LogP contribution in [0.3, 0.4) is 0 Å². The van der Waals surface area contributed by atoms with Crippen molar-refractivity contribution in [3.05, 3.63) is 87.8 Å². The molecule has 0 aliphatic carbocycles. The van der Waals surface area contributed by atoms with E-state index in [4.69, 9.17) is 14.5 Å². The fourth-order valence-electron chi connectivity index (χ4n) is 3.95. The highest BCUT2D eigenvalue weighted by Crippen LogP contribution is 2.51. The number of nitrogens with zero attached hydrogens (tertiary/aromatic N) is 3. The number of aryl methyl sites for hydroxylation is 1. The first-order valence-electron chi connectivity index (χ1n) is 11.7. The zero-order valence-corrected chi connectivity index (χ0v) is 22.5. The number of hydrogen-bond acceptors (Lipinski definition) is 8. The average Bonchev–Trinajstić information content (AvgIpc) is 3.40. The lowest BCUT2D eigenvalue weighted by Gasteiger charge is -2.17. The lowest BCUT2D eigenvalue weighted by atomic mass is 10.2. The van der Waals surface area contributed by atoms with Crippen molar-refractivity contribution >= 4 is 57.6 Å². The highest BCUT2D eigenvalue weighted by Gasteiger charge is 2.40. The Balaban J connectivity index is 1.54. The van der Waals surface area contributed by atoms with E-state index in [0.29, 0.717) is 27.9 Å². The summed E-state index contributed by atoms with van der Waals surface area (Å²) in [7, 11) is 3.59. The quantitative estimate of drug-likeness (QED) is 0.280. The number of esters is 1.